The Morgan fingerprint density at radius 1 is 1.21 bits per heavy atom. The van der Waals surface area contributed by atoms with Gasteiger partial charge in [0.25, 0.3) is 0 Å². The predicted octanol–water partition coefficient (Wildman–Crippen LogP) is 3.08. The average Bonchev–Trinajstić information content (AvgIpc) is 3.00. The van der Waals surface area contributed by atoms with Gasteiger partial charge in [0.15, 0.2) is 5.17 Å². The number of nitrogens with one attached hydrogen (secondary N) is 1. The van der Waals surface area contributed by atoms with E-state index in [1.54, 1.807) is 37.4 Å². The molecule has 0 aliphatic carbocycles. The summed E-state index contributed by atoms with van der Waals surface area (Å²) in [6.45, 7) is 0. The first kappa shape index (κ1) is 20.5. The molecule has 1 saturated heterocycles. The van der Waals surface area contributed by atoms with E-state index < -0.39 is 28.9 Å². The van der Waals surface area contributed by atoms with Crippen LogP contribution in [-0.4, -0.2) is 42.4 Å². The van der Waals surface area contributed by atoms with E-state index in [2.05, 4.69) is 15.0 Å². The lowest BCUT2D eigenvalue weighted by Crippen LogP contribution is -2.32. The van der Waals surface area contributed by atoms with Gasteiger partial charge in [-0.05, 0) is 36.4 Å². The van der Waals surface area contributed by atoms with Gasteiger partial charge in [-0.2, -0.15) is 0 Å². The lowest BCUT2D eigenvalue weighted by Gasteiger charge is -2.16. The summed E-state index contributed by atoms with van der Waals surface area (Å²) in [6, 6.07) is 12.2. The van der Waals surface area contributed by atoms with Crippen LogP contribution >= 0.6 is 11.8 Å². The number of methoxy groups -OCH3 is 1. The van der Waals surface area contributed by atoms with Crippen LogP contribution in [0.2, 0.25) is 0 Å². The van der Waals surface area contributed by atoms with Crippen LogP contribution in [0.3, 0.4) is 0 Å². The second kappa shape index (κ2) is 8.87. The van der Waals surface area contributed by atoms with E-state index in [1.807, 2.05) is 0 Å². The van der Waals surface area contributed by atoms with Gasteiger partial charge in [0, 0.05) is 19.2 Å². The summed E-state index contributed by atoms with van der Waals surface area (Å²) in [5.74, 6) is -2.03. The Bertz CT molecular complexity index is 978. The van der Waals surface area contributed by atoms with E-state index in [0.29, 0.717) is 16.4 Å². The Morgan fingerprint density at radius 2 is 1.90 bits per heavy atom. The molecule has 1 aliphatic heterocycles. The molecule has 3 rings (SSSR count). The van der Waals surface area contributed by atoms with Crippen LogP contribution in [0, 0.1) is 5.82 Å². The molecule has 0 unspecified atom stereocenters. The fourth-order valence-corrected chi connectivity index (χ4v) is 3.77. The Kier molecular flexibility index (Phi) is 6.28. The summed E-state index contributed by atoms with van der Waals surface area (Å²) in [5, 5.41) is 2.74. The second-order valence-electron chi connectivity index (χ2n) is 6.05. The van der Waals surface area contributed by atoms with Crippen molar-refractivity contribution < 1.29 is 23.5 Å². The smallest absolute Gasteiger partial charge is 0.337 e. The number of hydrogen-bond acceptors (Lipinski definition) is 6. The molecule has 1 heterocycles. The van der Waals surface area contributed by atoms with E-state index in [9.17, 15) is 18.8 Å². The second-order valence-corrected chi connectivity index (χ2v) is 7.24. The lowest BCUT2D eigenvalue weighted by atomic mass is 10.2. The van der Waals surface area contributed by atoms with Gasteiger partial charge in [-0.15, -0.1) is 0 Å². The van der Waals surface area contributed by atoms with Gasteiger partial charge in [0.05, 0.1) is 18.4 Å². The maximum atomic E-state index is 14.0. The van der Waals surface area contributed by atoms with Crippen LogP contribution in [0.15, 0.2) is 53.5 Å². The number of ether oxygens (including phenoxy) is 1. The van der Waals surface area contributed by atoms with Crippen molar-refractivity contribution in [2.75, 3.05) is 24.4 Å². The van der Waals surface area contributed by atoms with Gasteiger partial charge >= 0.3 is 5.97 Å². The highest BCUT2D eigenvalue weighted by Crippen LogP contribution is 2.32. The zero-order valence-electron chi connectivity index (χ0n) is 15.7. The number of amides is 2. The average molecular weight is 415 g/mol. The van der Waals surface area contributed by atoms with E-state index in [4.69, 9.17) is 0 Å². The molecule has 2 aromatic rings. The van der Waals surface area contributed by atoms with Crippen LogP contribution in [0.5, 0.6) is 0 Å². The van der Waals surface area contributed by atoms with Crippen molar-refractivity contribution in [3.63, 3.8) is 0 Å². The van der Waals surface area contributed by atoms with Crippen LogP contribution in [-0.2, 0) is 14.3 Å². The largest absolute Gasteiger partial charge is 0.465 e. The van der Waals surface area contributed by atoms with Crippen molar-refractivity contribution in [3.05, 3.63) is 59.9 Å². The van der Waals surface area contributed by atoms with E-state index in [-0.39, 0.29) is 12.1 Å². The third-order valence-corrected chi connectivity index (χ3v) is 5.37. The number of imide groups is 1. The van der Waals surface area contributed by atoms with Crippen LogP contribution < -0.4 is 10.2 Å². The standard InChI is InChI=1S/C20H18FN3O4S/c1-22-20(23-13-9-7-12(8-10-13)19(27)28-2)29-16-11-17(25)24(18(16)26)15-6-4-3-5-14(15)21/h3-10,16H,11H2,1-2H3,(H,22,23)/t16-/m1/s1. The van der Waals surface area contributed by atoms with E-state index in [1.165, 1.54) is 25.3 Å². The molecule has 0 spiro atoms. The summed E-state index contributed by atoms with van der Waals surface area (Å²) >= 11 is 1.09. The molecular weight excluding hydrogens is 397 g/mol. The fraction of sp³-hybridized carbons (Fsp3) is 0.200. The molecule has 1 atom stereocenters. The van der Waals surface area contributed by atoms with Gasteiger partial charge in [-0.25, -0.2) is 14.1 Å². The number of carbonyl (C=O) groups excluding carboxylic acids is 3. The molecular formula is C20H18FN3O4S. The molecule has 2 aromatic carbocycles. The number of esters is 1. The molecule has 0 bridgehead atoms. The molecule has 1 fully saturated rings. The highest BCUT2D eigenvalue weighted by Gasteiger charge is 2.41. The van der Waals surface area contributed by atoms with E-state index >= 15 is 0 Å². The van der Waals surface area contributed by atoms with E-state index in [0.717, 1.165) is 16.7 Å². The van der Waals surface area contributed by atoms with Gasteiger partial charge in [0.2, 0.25) is 11.8 Å². The monoisotopic (exact) mass is 415 g/mol. The van der Waals surface area contributed by atoms with Crippen LogP contribution in [0.25, 0.3) is 0 Å². The first-order chi connectivity index (χ1) is 13.9. The third-order valence-electron chi connectivity index (χ3n) is 4.21. The van der Waals surface area contributed by atoms with Crippen molar-refractivity contribution in [3.8, 4) is 0 Å². The summed E-state index contributed by atoms with van der Waals surface area (Å²) < 4.78 is 18.7. The quantitative estimate of drug-likeness (QED) is 0.357. The molecule has 0 aromatic heterocycles. The maximum absolute atomic E-state index is 14.0. The summed E-state index contributed by atoms with van der Waals surface area (Å²) in [5.41, 5.74) is 0.998. The number of amidine groups is 1. The van der Waals surface area contributed by atoms with Crippen LogP contribution in [0.4, 0.5) is 15.8 Å². The summed E-state index contributed by atoms with van der Waals surface area (Å²) in [4.78, 5) is 41.5. The molecule has 7 nitrogen and oxygen atoms in total. The first-order valence-corrected chi connectivity index (χ1v) is 9.52. The molecule has 0 radical (unpaired) electrons. The highest BCUT2D eigenvalue weighted by atomic mass is 32.2. The summed E-state index contributed by atoms with van der Waals surface area (Å²) in [6.07, 6.45) is -0.0557. The number of anilines is 2. The minimum atomic E-state index is -0.720. The summed E-state index contributed by atoms with van der Waals surface area (Å²) in [7, 11) is 2.85. The molecule has 0 saturated carbocycles. The van der Waals surface area contributed by atoms with Crippen molar-refractivity contribution >= 4 is 46.1 Å². The number of thioether (sulfide) groups is 1. The topological polar surface area (TPSA) is 88.1 Å². The predicted molar refractivity (Wildman–Crippen MR) is 110 cm³/mol. The Hall–Kier alpha value is -3.20. The Morgan fingerprint density at radius 3 is 2.52 bits per heavy atom. The van der Waals surface area contributed by atoms with Crippen molar-refractivity contribution in [1.29, 1.82) is 0 Å². The number of aliphatic imine (C=N–C) groups is 1. The van der Waals surface area contributed by atoms with Gasteiger partial charge < -0.3 is 10.1 Å². The molecule has 2 amide bonds. The highest BCUT2D eigenvalue weighted by molar-refractivity contribution is 8.15. The van der Waals surface area contributed by atoms with Gasteiger partial charge in [-0.1, -0.05) is 23.9 Å². The first-order valence-electron chi connectivity index (χ1n) is 8.64. The molecule has 1 aliphatic rings. The van der Waals surface area contributed by atoms with Crippen molar-refractivity contribution in [2.45, 2.75) is 11.7 Å². The fourth-order valence-electron chi connectivity index (χ4n) is 2.79. The maximum Gasteiger partial charge on any atom is 0.337 e. The zero-order valence-corrected chi connectivity index (χ0v) is 16.5. The van der Waals surface area contributed by atoms with Crippen LogP contribution in [0.1, 0.15) is 16.8 Å². The molecule has 29 heavy (non-hydrogen) atoms. The molecule has 150 valence electrons. The number of rotatable bonds is 4. The number of carbonyl (C=O) groups is 3. The number of halogens is 1. The Labute approximate surface area is 170 Å². The van der Waals surface area contributed by atoms with Gasteiger partial charge in [0.1, 0.15) is 11.1 Å². The normalized spacial score (nSPS) is 16.9. The zero-order chi connectivity index (χ0) is 21.0. The molecule has 9 heteroatoms. The van der Waals surface area contributed by atoms with Gasteiger partial charge in [-0.3, -0.25) is 14.6 Å². The number of nitrogens with zero attached hydrogens (tertiary/aromatic N) is 2. The lowest BCUT2D eigenvalue weighted by molar-refractivity contribution is -0.121. The third kappa shape index (κ3) is 4.45. The minimum absolute atomic E-state index is 0.0491. The minimum Gasteiger partial charge on any atom is -0.465 e. The SMILES string of the molecule is CN=C(Nc1ccc(C(=O)OC)cc1)S[C@@H]1CC(=O)N(c2ccccc2F)C1=O. The number of benzene rings is 2. The van der Waals surface area contributed by atoms with Crippen molar-refractivity contribution in [1.82, 2.24) is 0 Å². The van der Waals surface area contributed by atoms with Crippen molar-refractivity contribution in [2.24, 2.45) is 4.99 Å². The Balaban J connectivity index is 1.70. The number of para-hydroxylation sites is 1. The number of hydrogen-bond donors (Lipinski definition) is 1. The molecule has 1 N–H and O–H groups in total.